The van der Waals surface area contributed by atoms with Crippen LogP contribution in [0.3, 0.4) is 0 Å². The van der Waals surface area contributed by atoms with Crippen molar-refractivity contribution in [3.63, 3.8) is 0 Å². The van der Waals surface area contributed by atoms with E-state index in [1.807, 2.05) is 26.0 Å². The van der Waals surface area contributed by atoms with Crippen molar-refractivity contribution in [1.82, 2.24) is 9.88 Å². The van der Waals surface area contributed by atoms with Gasteiger partial charge in [-0.15, -0.1) is 0 Å². The van der Waals surface area contributed by atoms with E-state index in [9.17, 15) is 18.0 Å². The largest absolute Gasteiger partial charge is 0.416 e. The van der Waals surface area contributed by atoms with Crippen LogP contribution in [-0.2, 0) is 10.9 Å². The summed E-state index contributed by atoms with van der Waals surface area (Å²) >= 11 is 1.39. The van der Waals surface area contributed by atoms with Gasteiger partial charge in [-0.1, -0.05) is 23.5 Å². The van der Waals surface area contributed by atoms with E-state index in [1.54, 1.807) is 0 Å². The Kier molecular flexibility index (Phi) is 7.02. The van der Waals surface area contributed by atoms with Gasteiger partial charge in [-0.25, -0.2) is 4.98 Å². The number of morpholine rings is 1. The van der Waals surface area contributed by atoms with E-state index >= 15 is 0 Å². The van der Waals surface area contributed by atoms with Crippen LogP contribution < -0.4 is 4.90 Å². The average Bonchev–Trinajstić information content (AvgIpc) is 3.24. The Bertz CT molecular complexity index is 1140. The van der Waals surface area contributed by atoms with Crippen LogP contribution in [0, 0.1) is 13.8 Å². The number of nitrogens with zero attached hydrogens (tertiary/aromatic N) is 3. The first-order valence-electron chi connectivity index (χ1n) is 10.9. The van der Waals surface area contributed by atoms with Crippen molar-refractivity contribution in [2.45, 2.75) is 26.4 Å². The minimum absolute atomic E-state index is 0.00311. The number of anilines is 1. The lowest BCUT2D eigenvalue weighted by Crippen LogP contribution is -2.39. The first-order valence-corrected chi connectivity index (χ1v) is 11.7. The number of rotatable bonds is 6. The summed E-state index contributed by atoms with van der Waals surface area (Å²) in [7, 11) is 0. The molecule has 5 nitrogen and oxygen atoms in total. The monoisotopic (exact) mass is 477 g/mol. The fraction of sp³-hybridized carbons (Fsp3) is 0.417. The molecule has 1 amide bonds. The Labute approximate surface area is 194 Å². The van der Waals surface area contributed by atoms with E-state index < -0.39 is 17.6 Å². The van der Waals surface area contributed by atoms with Gasteiger partial charge in [0.15, 0.2) is 5.13 Å². The number of amides is 1. The molecular weight excluding hydrogens is 451 g/mol. The van der Waals surface area contributed by atoms with Gasteiger partial charge in [-0.3, -0.25) is 14.6 Å². The number of ether oxygens (including phenoxy) is 1. The summed E-state index contributed by atoms with van der Waals surface area (Å²) in [5, 5.41) is 0.503. The van der Waals surface area contributed by atoms with Gasteiger partial charge in [-0.05, 0) is 55.7 Å². The summed E-state index contributed by atoms with van der Waals surface area (Å²) in [6.07, 6.45) is -3.83. The quantitative estimate of drug-likeness (QED) is 0.483. The number of thiazole rings is 1. The van der Waals surface area contributed by atoms with E-state index in [4.69, 9.17) is 9.72 Å². The van der Waals surface area contributed by atoms with E-state index in [1.165, 1.54) is 28.4 Å². The highest BCUT2D eigenvalue weighted by molar-refractivity contribution is 7.22. The maximum Gasteiger partial charge on any atom is 0.416 e. The zero-order valence-electron chi connectivity index (χ0n) is 18.6. The molecule has 0 spiro atoms. The second-order valence-corrected chi connectivity index (χ2v) is 9.20. The van der Waals surface area contributed by atoms with Crippen LogP contribution in [0.1, 0.15) is 33.5 Å². The van der Waals surface area contributed by atoms with Crippen molar-refractivity contribution in [3.05, 3.63) is 58.7 Å². The van der Waals surface area contributed by atoms with Crippen LogP contribution in [0.4, 0.5) is 18.3 Å². The topological polar surface area (TPSA) is 45.7 Å². The highest BCUT2D eigenvalue weighted by Crippen LogP contribution is 2.34. The summed E-state index contributed by atoms with van der Waals surface area (Å²) in [5.41, 5.74) is 2.13. The van der Waals surface area contributed by atoms with Gasteiger partial charge >= 0.3 is 6.18 Å². The predicted octanol–water partition coefficient (Wildman–Crippen LogP) is 5.30. The number of hydrogen-bond donors (Lipinski definition) is 0. The first-order chi connectivity index (χ1) is 15.7. The molecule has 1 aliphatic heterocycles. The molecule has 1 aliphatic rings. The Morgan fingerprint density at radius 2 is 1.94 bits per heavy atom. The van der Waals surface area contributed by atoms with Gasteiger partial charge in [-0.2, -0.15) is 13.2 Å². The van der Waals surface area contributed by atoms with Crippen LogP contribution in [0.5, 0.6) is 0 Å². The SMILES string of the molecule is Cc1ccc2sc(N(CCCN3CCOCC3)C(=O)c3cccc(C(F)(F)F)c3)nc2c1C. The molecule has 4 rings (SSSR count). The summed E-state index contributed by atoms with van der Waals surface area (Å²) in [4.78, 5) is 21.9. The van der Waals surface area contributed by atoms with Gasteiger partial charge in [0.05, 0.1) is 29.0 Å². The van der Waals surface area contributed by atoms with Crippen molar-refractivity contribution in [3.8, 4) is 0 Å². The summed E-state index contributed by atoms with van der Waals surface area (Å²) in [6.45, 7) is 8.17. The number of carbonyl (C=O) groups excluding carboxylic acids is 1. The third-order valence-electron chi connectivity index (χ3n) is 5.95. The lowest BCUT2D eigenvalue weighted by molar-refractivity contribution is -0.137. The van der Waals surface area contributed by atoms with Gasteiger partial charge in [0.2, 0.25) is 0 Å². The third kappa shape index (κ3) is 5.37. The number of alkyl halides is 3. The molecule has 3 aromatic rings. The molecule has 1 fully saturated rings. The van der Waals surface area contributed by atoms with Crippen LogP contribution in [0.15, 0.2) is 36.4 Å². The summed E-state index contributed by atoms with van der Waals surface area (Å²) in [5.74, 6) is -0.475. The number of fused-ring (bicyclic) bond motifs is 1. The molecule has 0 bridgehead atoms. The lowest BCUT2D eigenvalue weighted by Gasteiger charge is -2.27. The van der Waals surface area contributed by atoms with Crippen molar-refractivity contribution >= 4 is 32.6 Å². The van der Waals surface area contributed by atoms with Crippen molar-refractivity contribution < 1.29 is 22.7 Å². The number of aryl methyl sites for hydroxylation is 2. The van der Waals surface area contributed by atoms with E-state index in [0.29, 0.717) is 31.3 Å². The van der Waals surface area contributed by atoms with Crippen LogP contribution in [0.2, 0.25) is 0 Å². The third-order valence-corrected chi connectivity index (χ3v) is 6.99. The molecule has 176 valence electrons. The Hall–Kier alpha value is -2.49. The lowest BCUT2D eigenvalue weighted by atomic mass is 10.1. The van der Waals surface area contributed by atoms with Crippen molar-refractivity contribution in [1.29, 1.82) is 0 Å². The first kappa shape index (κ1) is 23.7. The molecule has 2 aromatic carbocycles. The van der Waals surface area contributed by atoms with E-state index in [2.05, 4.69) is 4.90 Å². The molecule has 1 saturated heterocycles. The van der Waals surface area contributed by atoms with E-state index in [0.717, 1.165) is 53.1 Å². The normalized spacial score (nSPS) is 15.2. The Balaban J connectivity index is 1.63. The molecule has 2 heterocycles. The zero-order valence-corrected chi connectivity index (χ0v) is 19.4. The number of aromatic nitrogens is 1. The maximum absolute atomic E-state index is 13.4. The van der Waals surface area contributed by atoms with Crippen LogP contribution in [-0.4, -0.2) is 55.2 Å². The number of benzene rings is 2. The molecule has 0 radical (unpaired) electrons. The molecule has 33 heavy (non-hydrogen) atoms. The average molecular weight is 478 g/mol. The maximum atomic E-state index is 13.4. The Morgan fingerprint density at radius 1 is 1.18 bits per heavy atom. The second-order valence-electron chi connectivity index (χ2n) is 8.19. The van der Waals surface area contributed by atoms with Gasteiger partial charge in [0.25, 0.3) is 5.91 Å². The van der Waals surface area contributed by atoms with Gasteiger partial charge in [0.1, 0.15) is 0 Å². The van der Waals surface area contributed by atoms with Crippen LogP contribution >= 0.6 is 11.3 Å². The standard InChI is InChI=1S/C24H26F3N3O2S/c1-16-7-8-20-21(17(16)2)28-23(33-20)30(10-4-9-29-11-13-32-14-12-29)22(31)18-5-3-6-19(15-18)24(25,26)27/h3,5-8,15H,4,9-14H2,1-2H3. The Morgan fingerprint density at radius 3 is 2.67 bits per heavy atom. The van der Waals surface area contributed by atoms with Crippen molar-refractivity contribution in [2.24, 2.45) is 0 Å². The minimum Gasteiger partial charge on any atom is -0.379 e. The smallest absolute Gasteiger partial charge is 0.379 e. The molecule has 0 unspecified atom stereocenters. The minimum atomic E-state index is -4.51. The van der Waals surface area contributed by atoms with Crippen molar-refractivity contribution in [2.75, 3.05) is 44.3 Å². The molecular formula is C24H26F3N3O2S. The number of hydrogen-bond acceptors (Lipinski definition) is 5. The highest BCUT2D eigenvalue weighted by Gasteiger charge is 2.32. The highest BCUT2D eigenvalue weighted by atomic mass is 32.1. The molecule has 9 heteroatoms. The van der Waals surface area contributed by atoms with Gasteiger partial charge < -0.3 is 4.74 Å². The van der Waals surface area contributed by atoms with Crippen LogP contribution in [0.25, 0.3) is 10.2 Å². The molecule has 0 aliphatic carbocycles. The summed E-state index contributed by atoms with van der Waals surface area (Å²) < 4.78 is 46.0. The van der Waals surface area contributed by atoms with E-state index in [-0.39, 0.29) is 5.56 Å². The summed E-state index contributed by atoms with van der Waals surface area (Å²) in [6, 6.07) is 8.57. The number of halogens is 3. The molecule has 1 aromatic heterocycles. The second kappa shape index (κ2) is 9.79. The predicted molar refractivity (Wildman–Crippen MR) is 124 cm³/mol. The molecule has 0 atom stereocenters. The van der Waals surface area contributed by atoms with Gasteiger partial charge in [0, 0.05) is 31.7 Å². The fourth-order valence-corrected chi connectivity index (χ4v) is 4.92. The number of carbonyl (C=O) groups is 1. The molecule has 0 saturated carbocycles. The zero-order chi connectivity index (χ0) is 23.6. The fourth-order valence-electron chi connectivity index (χ4n) is 3.88. The molecule has 0 N–H and O–H groups in total.